The van der Waals surface area contributed by atoms with E-state index in [2.05, 4.69) is 4.43 Å². The van der Waals surface area contributed by atoms with Crippen molar-refractivity contribution < 1.29 is 27.8 Å². The van der Waals surface area contributed by atoms with Crippen LogP contribution in [0.25, 0.3) is 0 Å². The third-order valence-corrected chi connectivity index (χ3v) is 3.24. The molecule has 18 heavy (non-hydrogen) atoms. The highest BCUT2D eigenvalue weighted by Crippen LogP contribution is 2.17. The van der Waals surface area contributed by atoms with Gasteiger partial charge in [-0.05, 0) is 37.0 Å². The lowest BCUT2D eigenvalue weighted by atomic mass is 10.1. The van der Waals surface area contributed by atoms with Crippen LogP contribution in [0.5, 0.6) is 0 Å². The van der Waals surface area contributed by atoms with Crippen LogP contribution in [0.3, 0.4) is 0 Å². The SMILES string of the molecule is OC(O)(CCCCc1cc(F)c(F)c(F)c1)O[SiH3]. The van der Waals surface area contributed by atoms with Crippen LogP contribution in [0.2, 0.25) is 0 Å². The van der Waals surface area contributed by atoms with Crippen LogP contribution in [-0.2, 0) is 10.8 Å². The first-order chi connectivity index (χ1) is 8.35. The second kappa shape index (κ2) is 6.33. The highest BCUT2D eigenvalue weighted by Gasteiger charge is 2.20. The molecule has 102 valence electrons. The molecule has 0 unspecified atom stereocenters. The average Bonchev–Trinajstić information content (AvgIpc) is 2.31. The van der Waals surface area contributed by atoms with Crippen LogP contribution in [0.1, 0.15) is 24.8 Å². The van der Waals surface area contributed by atoms with Gasteiger partial charge in [-0.25, -0.2) is 13.2 Å². The maximum atomic E-state index is 12.9. The summed E-state index contributed by atoms with van der Waals surface area (Å²) in [5.74, 6) is -6.03. The molecule has 3 nitrogen and oxygen atoms in total. The van der Waals surface area contributed by atoms with Gasteiger partial charge in [0, 0.05) is 6.42 Å². The van der Waals surface area contributed by atoms with Gasteiger partial charge in [-0.2, -0.15) is 0 Å². The van der Waals surface area contributed by atoms with E-state index in [1.54, 1.807) is 0 Å². The van der Waals surface area contributed by atoms with Gasteiger partial charge in [-0.15, -0.1) is 0 Å². The molecule has 1 rings (SSSR count). The number of aliphatic hydroxyl groups is 2. The molecule has 7 heteroatoms. The number of benzene rings is 1. The summed E-state index contributed by atoms with van der Waals surface area (Å²) < 4.78 is 43.0. The molecule has 0 atom stereocenters. The van der Waals surface area contributed by atoms with Crippen molar-refractivity contribution in [2.45, 2.75) is 31.7 Å². The summed E-state index contributed by atoms with van der Waals surface area (Å²) in [5, 5.41) is 18.3. The zero-order valence-corrected chi connectivity index (χ0v) is 11.9. The molecule has 2 N–H and O–H groups in total. The highest BCUT2D eigenvalue weighted by atomic mass is 28.2. The molecular formula is C11H15F3O3Si. The molecule has 0 aromatic heterocycles. The van der Waals surface area contributed by atoms with Crippen molar-refractivity contribution in [2.75, 3.05) is 0 Å². The number of hydrogen-bond donors (Lipinski definition) is 2. The Morgan fingerprint density at radius 3 is 2.17 bits per heavy atom. The van der Waals surface area contributed by atoms with Crippen molar-refractivity contribution in [3.8, 4) is 0 Å². The van der Waals surface area contributed by atoms with Crippen molar-refractivity contribution in [3.63, 3.8) is 0 Å². The van der Waals surface area contributed by atoms with Crippen LogP contribution in [0.4, 0.5) is 13.2 Å². The lowest BCUT2D eigenvalue weighted by Crippen LogP contribution is -2.30. The zero-order valence-electron chi connectivity index (χ0n) is 9.92. The fourth-order valence-corrected chi connectivity index (χ4v) is 1.74. The molecule has 0 aliphatic heterocycles. The number of halogens is 3. The fraction of sp³-hybridized carbons (Fsp3) is 0.455. The fourth-order valence-electron chi connectivity index (χ4n) is 1.54. The largest absolute Gasteiger partial charge is 0.381 e. The van der Waals surface area contributed by atoms with Gasteiger partial charge in [0.2, 0.25) is 0 Å². The van der Waals surface area contributed by atoms with Crippen molar-refractivity contribution in [1.29, 1.82) is 0 Å². The number of unbranched alkanes of at least 4 members (excludes halogenated alkanes) is 1. The quantitative estimate of drug-likeness (QED) is 0.350. The minimum absolute atomic E-state index is 0.0165. The summed E-state index contributed by atoms with van der Waals surface area (Å²) in [7, 11) is 0.197. The molecule has 0 amide bonds. The van der Waals surface area contributed by atoms with Gasteiger partial charge in [-0.3, -0.25) is 0 Å². The van der Waals surface area contributed by atoms with E-state index in [-0.39, 0.29) is 16.9 Å². The molecule has 1 aromatic carbocycles. The molecule has 0 saturated heterocycles. The van der Waals surface area contributed by atoms with E-state index in [4.69, 9.17) is 10.2 Å². The second-order valence-corrected chi connectivity index (χ2v) is 4.44. The van der Waals surface area contributed by atoms with E-state index >= 15 is 0 Å². The third kappa shape index (κ3) is 4.41. The Labute approximate surface area is 106 Å². The maximum Gasteiger partial charge on any atom is 0.267 e. The van der Waals surface area contributed by atoms with Gasteiger partial charge >= 0.3 is 0 Å². The summed E-state index contributed by atoms with van der Waals surface area (Å²) in [6, 6.07) is 1.87. The standard InChI is InChI=1S/C11H15F3O3Si/c12-8-5-7(6-9(13)10(8)14)3-1-2-4-11(15,16)17-18/h5-6,15-16H,1-4H2,18H3. The van der Waals surface area contributed by atoms with Gasteiger partial charge in [0.05, 0.1) is 0 Å². The van der Waals surface area contributed by atoms with Gasteiger partial charge in [0.25, 0.3) is 5.97 Å². The Morgan fingerprint density at radius 2 is 1.67 bits per heavy atom. The minimum Gasteiger partial charge on any atom is -0.381 e. The second-order valence-electron chi connectivity index (χ2n) is 4.03. The van der Waals surface area contributed by atoms with Gasteiger partial charge in [-0.1, -0.05) is 0 Å². The molecule has 0 aliphatic carbocycles. The molecule has 1 aromatic rings. The van der Waals surface area contributed by atoms with E-state index in [1.165, 1.54) is 0 Å². The smallest absolute Gasteiger partial charge is 0.267 e. The molecule has 0 heterocycles. The molecule has 0 saturated carbocycles. The first kappa shape index (κ1) is 15.2. The Hall–Kier alpha value is -0.893. The lowest BCUT2D eigenvalue weighted by molar-refractivity contribution is -0.295. The average molecular weight is 280 g/mol. The molecule has 0 spiro atoms. The predicted molar refractivity (Wildman–Crippen MR) is 62.1 cm³/mol. The number of aryl methyl sites for hydroxylation is 1. The summed E-state index contributed by atoms with van der Waals surface area (Å²) in [6.07, 6.45) is 1.24. The van der Waals surface area contributed by atoms with Crippen molar-refractivity contribution >= 4 is 10.5 Å². The first-order valence-electron chi connectivity index (χ1n) is 5.49. The van der Waals surface area contributed by atoms with Crippen LogP contribution < -0.4 is 0 Å². The van der Waals surface area contributed by atoms with Gasteiger partial charge in [0.1, 0.15) is 0 Å². The monoisotopic (exact) mass is 280 g/mol. The van der Waals surface area contributed by atoms with E-state index in [0.29, 0.717) is 24.8 Å². The third-order valence-electron chi connectivity index (χ3n) is 2.59. The summed E-state index contributed by atoms with van der Waals surface area (Å²) in [6.45, 7) is 0. The zero-order chi connectivity index (χ0) is 13.8. The van der Waals surface area contributed by atoms with Crippen molar-refractivity contribution in [3.05, 3.63) is 35.1 Å². The Bertz CT molecular complexity index is 390. The number of rotatable bonds is 6. The van der Waals surface area contributed by atoms with E-state index in [1.807, 2.05) is 0 Å². The predicted octanol–water partition coefficient (Wildman–Crippen LogP) is 0.752. The normalized spacial score (nSPS) is 12.1. The van der Waals surface area contributed by atoms with Crippen molar-refractivity contribution in [2.24, 2.45) is 0 Å². The van der Waals surface area contributed by atoms with Crippen LogP contribution in [-0.4, -0.2) is 26.7 Å². The molecule has 0 aliphatic rings. The van der Waals surface area contributed by atoms with Gasteiger partial charge < -0.3 is 14.6 Å². The molecule has 0 fully saturated rings. The van der Waals surface area contributed by atoms with Crippen LogP contribution >= 0.6 is 0 Å². The lowest BCUT2D eigenvalue weighted by Gasteiger charge is -2.19. The van der Waals surface area contributed by atoms with Gasteiger partial charge in [0.15, 0.2) is 27.9 Å². The maximum absolute atomic E-state index is 12.9. The molecule has 0 bridgehead atoms. The Kier molecular flexibility index (Phi) is 5.33. The first-order valence-corrected chi connectivity index (χ1v) is 6.30. The number of hydrogen-bond acceptors (Lipinski definition) is 3. The molecular weight excluding hydrogens is 265 g/mol. The topological polar surface area (TPSA) is 49.7 Å². The highest BCUT2D eigenvalue weighted by molar-refractivity contribution is 5.98. The Morgan fingerprint density at radius 1 is 1.11 bits per heavy atom. The summed E-state index contributed by atoms with van der Waals surface area (Å²) >= 11 is 0. The van der Waals surface area contributed by atoms with Crippen molar-refractivity contribution in [1.82, 2.24) is 0 Å². The summed E-state index contributed by atoms with van der Waals surface area (Å²) in [4.78, 5) is 0. The van der Waals surface area contributed by atoms with E-state index in [0.717, 1.165) is 12.1 Å². The molecule has 0 radical (unpaired) electrons. The minimum atomic E-state index is -2.12. The van der Waals surface area contributed by atoms with Crippen LogP contribution in [0, 0.1) is 17.5 Å². The van der Waals surface area contributed by atoms with E-state index < -0.39 is 23.4 Å². The van der Waals surface area contributed by atoms with Crippen LogP contribution in [0.15, 0.2) is 12.1 Å². The van der Waals surface area contributed by atoms with E-state index in [9.17, 15) is 13.2 Å². The Balaban J connectivity index is 2.45. The summed E-state index contributed by atoms with van der Waals surface area (Å²) in [5.41, 5.74) is 0.333.